The van der Waals surface area contributed by atoms with Gasteiger partial charge in [-0.3, -0.25) is 4.90 Å². The van der Waals surface area contributed by atoms with Gasteiger partial charge >= 0.3 is 6.09 Å². The van der Waals surface area contributed by atoms with E-state index in [4.69, 9.17) is 16.3 Å². The molecule has 8 nitrogen and oxygen atoms in total. The first-order chi connectivity index (χ1) is 14.3. The van der Waals surface area contributed by atoms with Crippen molar-refractivity contribution in [1.29, 1.82) is 0 Å². The van der Waals surface area contributed by atoms with Gasteiger partial charge in [-0.15, -0.1) is 0 Å². The zero-order valence-corrected chi connectivity index (χ0v) is 19.1. The van der Waals surface area contributed by atoms with Crippen molar-refractivity contribution in [1.82, 2.24) is 19.9 Å². The summed E-state index contributed by atoms with van der Waals surface area (Å²) in [6.45, 7) is 5.43. The first-order valence-corrected chi connectivity index (χ1v) is 12.1. The van der Waals surface area contributed by atoms with Gasteiger partial charge in [0.25, 0.3) is 0 Å². The molecule has 2 aliphatic rings. The third-order valence-corrected chi connectivity index (χ3v) is 6.37. The zero-order valence-electron chi connectivity index (χ0n) is 17.5. The van der Waals surface area contributed by atoms with Crippen LogP contribution in [0.5, 0.6) is 0 Å². The van der Waals surface area contributed by atoms with Crippen LogP contribution in [0.2, 0.25) is 5.15 Å². The van der Waals surface area contributed by atoms with Crippen molar-refractivity contribution in [2.75, 3.05) is 6.26 Å². The SMILES string of the molecule is CC(C)(C)OC(=O)N1C2C=C(c3nc(S(C)(=O)=O)nc4c(F)c(Cl)ncc34)CC1CC2. The highest BCUT2D eigenvalue weighted by Crippen LogP contribution is 2.40. The molecule has 1 amide bonds. The molecule has 2 bridgehead atoms. The van der Waals surface area contributed by atoms with Crippen LogP contribution in [0.1, 0.15) is 45.7 Å². The van der Waals surface area contributed by atoms with Gasteiger partial charge in [-0.2, -0.15) is 0 Å². The largest absolute Gasteiger partial charge is 0.444 e. The lowest BCUT2D eigenvalue weighted by atomic mass is 9.96. The van der Waals surface area contributed by atoms with E-state index < -0.39 is 31.6 Å². The number of amides is 1. The van der Waals surface area contributed by atoms with Crippen LogP contribution in [0.4, 0.5) is 9.18 Å². The lowest BCUT2D eigenvalue weighted by Gasteiger charge is -2.35. The normalized spacial score (nSPS) is 21.4. The van der Waals surface area contributed by atoms with Gasteiger partial charge in [-0.25, -0.2) is 32.6 Å². The summed E-state index contributed by atoms with van der Waals surface area (Å²) >= 11 is 5.79. The molecular formula is C20H22ClFN4O4S. The standard InChI is InChI=1S/C20H22ClFN4O4S/c1-20(2,3)30-19(27)26-11-5-6-12(26)8-10(7-11)15-13-9-23-17(21)14(22)16(13)25-18(24-15)31(4,28)29/h7,9,11-12H,5-6,8H2,1-4H3. The summed E-state index contributed by atoms with van der Waals surface area (Å²) in [6, 6.07) is -0.350. The molecular weight excluding hydrogens is 447 g/mol. The van der Waals surface area contributed by atoms with Crippen LogP contribution in [0.3, 0.4) is 0 Å². The van der Waals surface area contributed by atoms with Gasteiger partial charge in [0.2, 0.25) is 15.0 Å². The average molecular weight is 469 g/mol. The Morgan fingerprint density at radius 2 is 2.00 bits per heavy atom. The van der Waals surface area contributed by atoms with Gasteiger partial charge in [-0.1, -0.05) is 17.7 Å². The molecule has 4 heterocycles. The Balaban J connectivity index is 1.82. The molecule has 0 aliphatic carbocycles. The van der Waals surface area contributed by atoms with Crippen LogP contribution >= 0.6 is 11.6 Å². The summed E-state index contributed by atoms with van der Waals surface area (Å²) < 4.78 is 44.5. The lowest BCUT2D eigenvalue weighted by molar-refractivity contribution is 0.0175. The number of ether oxygens (including phenoxy) is 1. The van der Waals surface area contributed by atoms with Crippen molar-refractivity contribution in [3.63, 3.8) is 0 Å². The molecule has 2 atom stereocenters. The first-order valence-electron chi connectivity index (χ1n) is 9.79. The first kappa shape index (κ1) is 21.9. The van der Waals surface area contributed by atoms with E-state index >= 15 is 0 Å². The monoisotopic (exact) mass is 468 g/mol. The van der Waals surface area contributed by atoms with Crippen LogP contribution in [0, 0.1) is 5.82 Å². The fraction of sp³-hybridized carbons (Fsp3) is 0.500. The van der Waals surface area contributed by atoms with Gasteiger partial charge in [0, 0.05) is 23.9 Å². The van der Waals surface area contributed by atoms with E-state index in [2.05, 4.69) is 15.0 Å². The van der Waals surface area contributed by atoms with Crippen LogP contribution in [-0.4, -0.2) is 58.3 Å². The van der Waals surface area contributed by atoms with Crippen molar-refractivity contribution in [3.8, 4) is 0 Å². The number of fused-ring (bicyclic) bond motifs is 3. The average Bonchev–Trinajstić information content (AvgIpc) is 2.92. The van der Waals surface area contributed by atoms with E-state index in [1.165, 1.54) is 6.20 Å². The Kier molecular flexibility index (Phi) is 5.20. The molecule has 2 aromatic heterocycles. The van der Waals surface area contributed by atoms with Gasteiger partial charge in [0.1, 0.15) is 11.1 Å². The second-order valence-corrected chi connectivity index (χ2v) is 11.1. The minimum Gasteiger partial charge on any atom is -0.444 e. The second-order valence-electron chi connectivity index (χ2n) is 8.83. The van der Waals surface area contributed by atoms with Crippen LogP contribution in [0.25, 0.3) is 16.5 Å². The fourth-order valence-corrected chi connectivity index (χ4v) is 4.68. The zero-order chi connectivity index (χ0) is 22.7. The van der Waals surface area contributed by atoms with Crippen molar-refractivity contribution in [2.24, 2.45) is 0 Å². The Hall–Kier alpha value is -2.33. The number of sulfone groups is 1. The molecule has 0 N–H and O–H groups in total. The summed E-state index contributed by atoms with van der Waals surface area (Å²) in [5.74, 6) is -0.900. The predicted octanol–water partition coefficient (Wildman–Crippen LogP) is 3.78. The molecule has 0 aromatic carbocycles. The lowest BCUT2D eigenvalue weighted by Crippen LogP contribution is -2.45. The minimum absolute atomic E-state index is 0.128. The van der Waals surface area contributed by atoms with Gasteiger partial charge in [0.15, 0.2) is 11.0 Å². The van der Waals surface area contributed by atoms with E-state index in [1.807, 2.05) is 26.8 Å². The number of carbonyl (C=O) groups is 1. The highest BCUT2D eigenvalue weighted by Gasteiger charge is 2.42. The third kappa shape index (κ3) is 4.10. The summed E-state index contributed by atoms with van der Waals surface area (Å²) in [7, 11) is -3.81. The molecule has 1 saturated heterocycles. The highest BCUT2D eigenvalue weighted by atomic mass is 35.5. The van der Waals surface area contributed by atoms with Crippen molar-refractivity contribution >= 4 is 44.0 Å². The Bertz CT molecular complexity index is 1230. The number of nitrogens with zero attached hydrogens (tertiary/aromatic N) is 4. The quantitative estimate of drug-likeness (QED) is 0.488. The highest BCUT2D eigenvalue weighted by molar-refractivity contribution is 7.90. The number of halogens is 2. The Labute approximate surface area is 184 Å². The molecule has 2 aliphatic heterocycles. The molecule has 0 saturated carbocycles. The van der Waals surface area contributed by atoms with Crippen LogP contribution in [0.15, 0.2) is 17.4 Å². The van der Waals surface area contributed by atoms with E-state index in [1.54, 1.807) is 4.90 Å². The maximum Gasteiger partial charge on any atom is 0.411 e. The van der Waals surface area contributed by atoms with Crippen LogP contribution < -0.4 is 0 Å². The van der Waals surface area contributed by atoms with Crippen molar-refractivity contribution in [3.05, 3.63) is 28.9 Å². The summed E-state index contributed by atoms with van der Waals surface area (Å²) in [5.41, 5.74) is 0.187. The topological polar surface area (TPSA) is 102 Å². The van der Waals surface area contributed by atoms with E-state index in [0.717, 1.165) is 19.1 Å². The molecule has 1 fully saturated rings. The predicted molar refractivity (Wildman–Crippen MR) is 113 cm³/mol. The number of pyridine rings is 1. The molecule has 31 heavy (non-hydrogen) atoms. The van der Waals surface area contributed by atoms with E-state index in [9.17, 15) is 17.6 Å². The number of rotatable bonds is 2. The number of aromatic nitrogens is 3. The molecule has 4 rings (SSSR count). The molecule has 0 spiro atoms. The smallest absolute Gasteiger partial charge is 0.411 e. The summed E-state index contributed by atoms with van der Waals surface area (Å²) in [5, 5.41) is -0.616. The second kappa shape index (κ2) is 7.37. The summed E-state index contributed by atoms with van der Waals surface area (Å²) in [6.07, 6.45) is 5.72. The molecule has 11 heteroatoms. The molecule has 2 unspecified atom stereocenters. The molecule has 0 radical (unpaired) electrons. The number of hydrogen-bond donors (Lipinski definition) is 0. The summed E-state index contributed by atoms with van der Waals surface area (Å²) in [4.78, 5) is 26.4. The minimum atomic E-state index is -3.81. The number of carbonyl (C=O) groups excluding carboxylic acids is 1. The van der Waals surface area contributed by atoms with Gasteiger partial charge in [-0.05, 0) is 45.6 Å². The van der Waals surface area contributed by atoms with Gasteiger partial charge in [0.05, 0.1) is 11.7 Å². The maximum absolute atomic E-state index is 14.6. The maximum atomic E-state index is 14.6. The van der Waals surface area contributed by atoms with E-state index in [-0.39, 0.29) is 34.8 Å². The third-order valence-electron chi connectivity index (χ3n) is 5.26. The fourth-order valence-electron chi connectivity index (χ4n) is 4.03. The van der Waals surface area contributed by atoms with Crippen molar-refractivity contribution in [2.45, 2.75) is 62.9 Å². The van der Waals surface area contributed by atoms with E-state index in [0.29, 0.717) is 12.0 Å². The molecule has 2 aromatic rings. The van der Waals surface area contributed by atoms with Crippen molar-refractivity contribution < 1.29 is 22.3 Å². The van der Waals surface area contributed by atoms with Gasteiger partial charge < -0.3 is 4.74 Å². The van der Waals surface area contributed by atoms with Crippen LogP contribution in [-0.2, 0) is 14.6 Å². The Morgan fingerprint density at radius 1 is 1.29 bits per heavy atom. The Morgan fingerprint density at radius 3 is 2.61 bits per heavy atom. The molecule has 166 valence electrons. The number of hydrogen-bond acceptors (Lipinski definition) is 7.